The molecule has 0 fully saturated rings. The largest absolute Gasteiger partial charge is 0.494 e. The van der Waals surface area contributed by atoms with Crippen LogP contribution >= 0.6 is 0 Å². The van der Waals surface area contributed by atoms with Crippen molar-refractivity contribution in [2.75, 3.05) is 19.8 Å². The van der Waals surface area contributed by atoms with Crippen LogP contribution in [0.15, 0.2) is 42.5 Å². The van der Waals surface area contributed by atoms with E-state index in [4.69, 9.17) is 14.2 Å². The molecule has 2 aromatic carbocycles. The number of ether oxygens (including phenoxy) is 3. The Kier molecular flexibility index (Phi) is 14.4. The average Bonchev–Trinajstić information content (AvgIpc) is 2.91. The van der Waals surface area contributed by atoms with Crippen LogP contribution in [-0.2, 0) is 6.42 Å². The second kappa shape index (κ2) is 17.6. The summed E-state index contributed by atoms with van der Waals surface area (Å²) in [7, 11) is 0. The zero-order valence-corrected chi connectivity index (χ0v) is 22.9. The highest BCUT2D eigenvalue weighted by Gasteiger charge is 2.13. The fourth-order valence-corrected chi connectivity index (χ4v) is 3.86. The van der Waals surface area contributed by atoms with Crippen molar-refractivity contribution in [3.63, 3.8) is 0 Å². The number of aryl methyl sites for hydroxylation is 1. The number of carbonyl (C=O) groups excluding carboxylic acids is 1. The molecule has 0 aromatic heterocycles. The highest BCUT2D eigenvalue weighted by molar-refractivity contribution is 6.09. The van der Waals surface area contributed by atoms with E-state index in [1.54, 1.807) is 6.08 Å². The van der Waals surface area contributed by atoms with Crippen molar-refractivity contribution in [1.82, 2.24) is 0 Å². The Bertz CT molecular complexity index is 932. The normalized spacial score (nSPS) is 11.1. The van der Waals surface area contributed by atoms with Crippen LogP contribution in [-0.4, -0.2) is 25.6 Å². The van der Waals surface area contributed by atoms with E-state index in [0.29, 0.717) is 36.9 Å². The molecule has 0 amide bonds. The number of unbranched alkanes of at least 4 members (excludes halogenated alkanes) is 6. The number of hydrogen-bond donors (Lipinski definition) is 0. The van der Waals surface area contributed by atoms with Crippen molar-refractivity contribution in [2.45, 2.75) is 91.9 Å². The number of allylic oxidation sites excluding steroid dienone is 1. The Labute approximate surface area is 219 Å². The van der Waals surface area contributed by atoms with Crippen LogP contribution in [0.5, 0.6) is 17.2 Å². The molecule has 0 N–H and O–H groups in total. The molecule has 0 atom stereocenters. The van der Waals surface area contributed by atoms with E-state index < -0.39 is 0 Å². The first-order valence-corrected chi connectivity index (χ1v) is 14.0. The van der Waals surface area contributed by atoms with Crippen molar-refractivity contribution in [3.8, 4) is 17.2 Å². The van der Waals surface area contributed by atoms with Crippen LogP contribution in [0.25, 0.3) is 6.08 Å². The van der Waals surface area contributed by atoms with E-state index >= 15 is 0 Å². The zero-order chi connectivity index (χ0) is 26.0. The highest BCUT2D eigenvalue weighted by Crippen LogP contribution is 2.27. The SMILES string of the molecule is CCCCCOc1ccc(OCCCCC)c(C(=O)/C=C/c2cc(CC)ccc2OCCCCC)c1. The van der Waals surface area contributed by atoms with Crippen LogP contribution in [0.1, 0.15) is 107 Å². The molecule has 2 aromatic rings. The van der Waals surface area contributed by atoms with Gasteiger partial charge >= 0.3 is 0 Å². The monoisotopic (exact) mass is 494 g/mol. The Balaban J connectivity index is 2.23. The second-order valence-electron chi connectivity index (χ2n) is 9.25. The number of ketones is 1. The van der Waals surface area contributed by atoms with Gasteiger partial charge in [0.2, 0.25) is 0 Å². The van der Waals surface area contributed by atoms with Crippen molar-refractivity contribution < 1.29 is 19.0 Å². The Morgan fingerprint density at radius 3 is 1.89 bits per heavy atom. The van der Waals surface area contributed by atoms with Gasteiger partial charge in [-0.05, 0) is 73.7 Å². The molecule has 4 nitrogen and oxygen atoms in total. The summed E-state index contributed by atoms with van der Waals surface area (Å²) < 4.78 is 18.0. The van der Waals surface area contributed by atoms with Gasteiger partial charge in [0, 0.05) is 5.56 Å². The fourth-order valence-electron chi connectivity index (χ4n) is 3.86. The summed E-state index contributed by atoms with van der Waals surface area (Å²) >= 11 is 0. The molecule has 0 aliphatic rings. The van der Waals surface area contributed by atoms with Crippen LogP contribution in [0.2, 0.25) is 0 Å². The van der Waals surface area contributed by atoms with E-state index in [1.165, 1.54) is 5.56 Å². The molecule has 198 valence electrons. The van der Waals surface area contributed by atoms with Crippen molar-refractivity contribution in [2.24, 2.45) is 0 Å². The number of benzene rings is 2. The molecule has 0 saturated heterocycles. The molecule has 0 saturated carbocycles. The maximum atomic E-state index is 13.4. The van der Waals surface area contributed by atoms with E-state index in [-0.39, 0.29) is 5.78 Å². The molecule has 0 bridgehead atoms. The number of carbonyl (C=O) groups is 1. The lowest BCUT2D eigenvalue weighted by molar-refractivity contribution is 0.104. The maximum absolute atomic E-state index is 13.4. The molecule has 4 heteroatoms. The van der Waals surface area contributed by atoms with E-state index in [9.17, 15) is 4.79 Å². The van der Waals surface area contributed by atoms with Gasteiger partial charge in [0.25, 0.3) is 0 Å². The Morgan fingerprint density at radius 1 is 0.694 bits per heavy atom. The fraction of sp³-hybridized carbons (Fsp3) is 0.531. The third-order valence-electron chi connectivity index (χ3n) is 6.14. The summed E-state index contributed by atoms with van der Waals surface area (Å²) in [6.45, 7) is 10.6. The van der Waals surface area contributed by atoms with E-state index in [1.807, 2.05) is 30.3 Å². The van der Waals surface area contributed by atoms with Crippen molar-refractivity contribution in [1.29, 1.82) is 0 Å². The first-order valence-electron chi connectivity index (χ1n) is 14.0. The lowest BCUT2D eigenvalue weighted by Crippen LogP contribution is -2.05. The van der Waals surface area contributed by atoms with Crippen molar-refractivity contribution in [3.05, 3.63) is 59.2 Å². The van der Waals surface area contributed by atoms with Gasteiger partial charge in [-0.25, -0.2) is 0 Å². The molecule has 0 aliphatic heterocycles. The van der Waals surface area contributed by atoms with Gasteiger partial charge in [-0.1, -0.05) is 72.3 Å². The summed E-state index contributed by atoms with van der Waals surface area (Å²) in [4.78, 5) is 13.4. The van der Waals surface area contributed by atoms with Gasteiger partial charge in [-0.2, -0.15) is 0 Å². The van der Waals surface area contributed by atoms with Crippen molar-refractivity contribution >= 4 is 11.9 Å². The lowest BCUT2D eigenvalue weighted by Gasteiger charge is -2.13. The van der Waals surface area contributed by atoms with Gasteiger partial charge in [-0.15, -0.1) is 0 Å². The minimum absolute atomic E-state index is 0.0988. The predicted octanol–water partition coefficient (Wildman–Crippen LogP) is 8.85. The Hall–Kier alpha value is -2.75. The van der Waals surface area contributed by atoms with E-state index in [2.05, 4.69) is 39.8 Å². The van der Waals surface area contributed by atoms with Crippen LogP contribution < -0.4 is 14.2 Å². The van der Waals surface area contributed by atoms with Crippen LogP contribution in [0, 0.1) is 0 Å². The third kappa shape index (κ3) is 10.5. The first kappa shape index (κ1) is 29.5. The molecule has 0 aliphatic carbocycles. The second-order valence-corrected chi connectivity index (χ2v) is 9.25. The predicted molar refractivity (Wildman–Crippen MR) is 151 cm³/mol. The van der Waals surface area contributed by atoms with Gasteiger partial charge in [0.15, 0.2) is 5.78 Å². The summed E-state index contributed by atoms with van der Waals surface area (Å²) in [6, 6.07) is 11.8. The number of hydrogen-bond acceptors (Lipinski definition) is 4. The molecular weight excluding hydrogens is 448 g/mol. The Morgan fingerprint density at radius 2 is 1.28 bits per heavy atom. The first-order chi connectivity index (χ1) is 17.6. The zero-order valence-electron chi connectivity index (χ0n) is 22.9. The topological polar surface area (TPSA) is 44.8 Å². The quantitative estimate of drug-likeness (QED) is 0.111. The van der Waals surface area contributed by atoms with Gasteiger partial charge in [0.05, 0.1) is 25.4 Å². The summed E-state index contributed by atoms with van der Waals surface area (Å²) in [6.07, 6.45) is 14.2. The molecule has 0 unspecified atom stereocenters. The standard InChI is InChI=1S/C32H46O4/c1-5-9-12-21-34-28-17-20-32(36-23-14-11-7-3)29(25-28)30(33)18-16-27-24-26(8-4)15-19-31(27)35-22-13-10-6-2/h15-20,24-25H,5-14,21-23H2,1-4H3/b18-16+. The van der Waals surface area contributed by atoms with E-state index in [0.717, 1.165) is 75.5 Å². The van der Waals surface area contributed by atoms with Gasteiger partial charge in [0.1, 0.15) is 17.2 Å². The smallest absolute Gasteiger partial charge is 0.189 e. The highest BCUT2D eigenvalue weighted by atomic mass is 16.5. The van der Waals surface area contributed by atoms with Gasteiger partial charge < -0.3 is 14.2 Å². The summed E-state index contributed by atoms with van der Waals surface area (Å²) in [5.41, 5.74) is 2.68. The minimum atomic E-state index is -0.0988. The average molecular weight is 495 g/mol. The molecule has 0 radical (unpaired) electrons. The molecule has 36 heavy (non-hydrogen) atoms. The number of rotatable bonds is 19. The van der Waals surface area contributed by atoms with Crippen LogP contribution in [0.3, 0.4) is 0 Å². The lowest BCUT2D eigenvalue weighted by atomic mass is 10.0. The molecular formula is C32H46O4. The summed E-state index contributed by atoms with van der Waals surface area (Å²) in [5.74, 6) is 2.03. The molecule has 0 heterocycles. The molecule has 2 rings (SSSR count). The van der Waals surface area contributed by atoms with Crippen LogP contribution in [0.4, 0.5) is 0 Å². The third-order valence-corrected chi connectivity index (χ3v) is 6.14. The summed E-state index contributed by atoms with van der Waals surface area (Å²) in [5, 5.41) is 0. The molecule has 0 spiro atoms. The minimum Gasteiger partial charge on any atom is -0.494 e. The van der Waals surface area contributed by atoms with Gasteiger partial charge in [-0.3, -0.25) is 4.79 Å². The maximum Gasteiger partial charge on any atom is 0.189 e.